The van der Waals surface area contributed by atoms with Crippen LogP contribution in [0.15, 0.2) is 36.7 Å². The molecule has 0 spiro atoms. The highest BCUT2D eigenvalue weighted by atomic mass is 16.1. The maximum Gasteiger partial charge on any atom is 0.267 e. The van der Waals surface area contributed by atoms with Gasteiger partial charge in [-0.15, -0.1) is 0 Å². The molecule has 4 heteroatoms. The number of nitrogens with zero attached hydrogens (tertiary/aromatic N) is 2. The number of carbonyl (C=O) groups excluding carboxylic acids is 1. The van der Waals surface area contributed by atoms with Crippen LogP contribution >= 0.6 is 0 Å². The Hall–Kier alpha value is -2.10. The molecule has 1 amide bonds. The Balaban J connectivity index is 1.65. The van der Waals surface area contributed by atoms with Crippen LogP contribution in [-0.2, 0) is 13.5 Å². The Morgan fingerprint density at radius 2 is 2.37 bits per heavy atom. The van der Waals surface area contributed by atoms with Gasteiger partial charge < -0.3 is 9.88 Å². The first kappa shape index (κ1) is 12.0. The molecule has 0 fully saturated rings. The average Bonchev–Trinajstić information content (AvgIpc) is 3.02. The van der Waals surface area contributed by atoms with Crippen LogP contribution in [0.3, 0.4) is 0 Å². The highest BCUT2D eigenvalue weighted by Crippen LogP contribution is 2.30. The SMILES string of the molecule is Cn1cccc1C(=O)NCC1CCc2cccnc21. The lowest BCUT2D eigenvalue weighted by atomic mass is 10.1. The monoisotopic (exact) mass is 255 g/mol. The van der Waals surface area contributed by atoms with Gasteiger partial charge in [0, 0.05) is 37.6 Å². The van der Waals surface area contributed by atoms with Crippen LogP contribution in [0.4, 0.5) is 0 Å². The van der Waals surface area contributed by atoms with E-state index in [1.807, 2.05) is 42.2 Å². The zero-order valence-corrected chi connectivity index (χ0v) is 11.0. The second-order valence-corrected chi connectivity index (χ2v) is 5.00. The summed E-state index contributed by atoms with van der Waals surface area (Å²) in [5, 5.41) is 3.01. The molecule has 0 saturated heterocycles. The molecule has 98 valence electrons. The summed E-state index contributed by atoms with van der Waals surface area (Å²) in [6.45, 7) is 0.661. The third kappa shape index (κ3) is 2.26. The Kier molecular flexibility index (Phi) is 3.07. The van der Waals surface area contributed by atoms with Gasteiger partial charge in [0.15, 0.2) is 0 Å². The highest BCUT2D eigenvalue weighted by molar-refractivity contribution is 5.92. The number of aromatic nitrogens is 2. The van der Waals surface area contributed by atoms with Gasteiger partial charge in [-0.25, -0.2) is 0 Å². The molecule has 1 unspecified atom stereocenters. The van der Waals surface area contributed by atoms with Crippen LogP contribution < -0.4 is 5.32 Å². The molecular formula is C15H17N3O. The third-order valence-corrected chi connectivity index (χ3v) is 3.76. The fraction of sp³-hybridized carbons (Fsp3) is 0.333. The third-order valence-electron chi connectivity index (χ3n) is 3.76. The summed E-state index contributed by atoms with van der Waals surface area (Å²) in [5.41, 5.74) is 3.16. The minimum Gasteiger partial charge on any atom is -0.350 e. The van der Waals surface area contributed by atoms with Crippen molar-refractivity contribution in [1.82, 2.24) is 14.9 Å². The van der Waals surface area contributed by atoms with Crippen molar-refractivity contribution in [3.05, 3.63) is 53.6 Å². The maximum absolute atomic E-state index is 12.0. The molecule has 19 heavy (non-hydrogen) atoms. The van der Waals surface area contributed by atoms with Crippen LogP contribution in [0, 0.1) is 0 Å². The Morgan fingerprint density at radius 1 is 1.47 bits per heavy atom. The van der Waals surface area contributed by atoms with Gasteiger partial charge in [-0.05, 0) is 36.6 Å². The fourth-order valence-corrected chi connectivity index (χ4v) is 2.70. The Labute approximate surface area is 112 Å². The van der Waals surface area contributed by atoms with Crippen LogP contribution in [0.2, 0.25) is 0 Å². The van der Waals surface area contributed by atoms with Crippen molar-refractivity contribution in [2.75, 3.05) is 6.54 Å². The zero-order chi connectivity index (χ0) is 13.2. The van der Waals surface area contributed by atoms with Gasteiger partial charge in [-0.1, -0.05) is 6.07 Å². The normalized spacial score (nSPS) is 17.2. The van der Waals surface area contributed by atoms with E-state index in [1.165, 1.54) is 5.56 Å². The van der Waals surface area contributed by atoms with E-state index in [9.17, 15) is 4.79 Å². The first-order chi connectivity index (χ1) is 9.25. The van der Waals surface area contributed by atoms with Crippen LogP contribution in [0.1, 0.15) is 34.1 Å². The molecule has 0 aliphatic heterocycles. The van der Waals surface area contributed by atoms with E-state index in [0.29, 0.717) is 18.2 Å². The number of nitrogens with one attached hydrogen (secondary N) is 1. The van der Waals surface area contributed by atoms with E-state index in [1.54, 1.807) is 0 Å². The molecule has 2 aromatic heterocycles. The number of rotatable bonds is 3. The van der Waals surface area contributed by atoms with Crippen molar-refractivity contribution in [1.29, 1.82) is 0 Å². The molecule has 2 heterocycles. The number of carbonyl (C=O) groups is 1. The lowest BCUT2D eigenvalue weighted by molar-refractivity contribution is 0.0943. The summed E-state index contributed by atoms with van der Waals surface area (Å²) in [4.78, 5) is 16.5. The van der Waals surface area contributed by atoms with Crippen LogP contribution in [0.5, 0.6) is 0 Å². The summed E-state index contributed by atoms with van der Waals surface area (Å²) in [6, 6.07) is 7.81. The molecule has 2 aromatic rings. The number of amides is 1. The predicted octanol–water partition coefficient (Wildman–Crippen LogP) is 1.88. The summed E-state index contributed by atoms with van der Waals surface area (Å²) in [6.07, 6.45) is 5.84. The van der Waals surface area contributed by atoms with E-state index in [-0.39, 0.29) is 5.91 Å². The van der Waals surface area contributed by atoms with Gasteiger partial charge in [-0.2, -0.15) is 0 Å². The minimum absolute atomic E-state index is 0.0168. The molecule has 1 aliphatic rings. The van der Waals surface area contributed by atoms with Crippen molar-refractivity contribution in [2.45, 2.75) is 18.8 Å². The summed E-state index contributed by atoms with van der Waals surface area (Å²) < 4.78 is 1.83. The van der Waals surface area contributed by atoms with E-state index in [2.05, 4.69) is 16.4 Å². The molecule has 0 aromatic carbocycles. The van der Waals surface area contributed by atoms with Gasteiger partial charge in [0.05, 0.1) is 0 Å². The fourth-order valence-electron chi connectivity index (χ4n) is 2.70. The first-order valence-electron chi connectivity index (χ1n) is 6.59. The van der Waals surface area contributed by atoms with Gasteiger partial charge in [0.1, 0.15) is 5.69 Å². The molecule has 1 N–H and O–H groups in total. The Bertz CT molecular complexity index is 603. The lowest BCUT2D eigenvalue weighted by Gasteiger charge is -2.12. The molecule has 0 bridgehead atoms. The molecule has 3 rings (SSSR count). The van der Waals surface area contributed by atoms with E-state index in [0.717, 1.165) is 18.5 Å². The highest BCUT2D eigenvalue weighted by Gasteiger charge is 2.24. The molecule has 1 aliphatic carbocycles. The largest absolute Gasteiger partial charge is 0.350 e. The molecule has 0 saturated carbocycles. The summed E-state index contributed by atoms with van der Waals surface area (Å²) in [5.74, 6) is 0.331. The predicted molar refractivity (Wildman–Crippen MR) is 73.0 cm³/mol. The van der Waals surface area contributed by atoms with E-state index < -0.39 is 0 Å². The molecule has 4 nitrogen and oxygen atoms in total. The molecular weight excluding hydrogens is 238 g/mol. The zero-order valence-electron chi connectivity index (χ0n) is 11.0. The van der Waals surface area contributed by atoms with Gasteiger partial charge in [-0.3, -0.25) is 9.78 Å². The first-order valence-corrected chi connectivity index (χ1v) is 6.59. The number of fused-ring (bicyclic) bond motifs is 1. The minimum atomic E-state index is -0.0168. The Morgan fingerprint density at radius 3 is 3.16 bits per heavy atom. The number of hydrogen-bond donors (Lipinski definition) is 1. The van der Waals surface area contributed by atoms with Crippen LogP contribution in [-0.4, -0.2) is 22.0 Å². The van der Waals surface area contributed by atoms with Gasteiger partial charge in [0.25, 0.3) is 5.91 Å². The lowest BCUT2D eigenvalue weighted by Crippen LogP contribution is -2.29. The summed E-state index contributed by atoms with van der Waals surface area (Å²) >= 11 is 0. The number of pyridine rings is 1. The van der Waals surface area contributed by atoms with Crippen molar-refractivity contribution < 1.29 is 4.79 Å². The number of hydrogen-bond acceptors (Lipinski definition) is 2. The second kappa shape index (κ2) is 4.88. The molecule has 0 radical (unpaired) electrons. The van der Waals surface area contributed by atoms with Crippen LogP contribution in [0.25, 0.3) is 0 Å². The smallest absolute Gasteiger partial charge is 0.267 e. The topological polar surface area (TPSA) is 46.9 Å². The maximum atomic E-state index is 12.0. The quantitative estimate of drug-likeness (QED) is 0.910. The van der Waals surface area contributed by atoms with Gasteiger partial charge in [0.2, 0.25) is 0 Å². The van der Waals surface area contributed by atoms with Crippen molar-refractivity contribution >= 4 is 5.91 Å². The van der Waals surface area contributed by atoms with E-state index in [4.69, 9.17) is 0 Å². The van der Waals surface area contributed by atoms with Crippen molar-refractivity contribution in [3.63, 3.8) is 0 Å². The van der Waals surface area contributed by atoms with Gasteiger partial charge >= 0.3 is 0 Å². The van der Waals surface area contributed by atoms with Crippen molar-refractivity contribution in [3.8, 4) is 0 Å². The summed E-state index contributed by atoms with van der Waals surface area (Å²) in [7, 11) is 1.88. The average molecular weight is 255 g/mol. The van der Waals surface area contributed by atoms with E-state index >= 15 is 0 Å². The van der Waals surface area contributed by atoms with Crippen molar-refractivity contribution in [2.24, 2.45) is 7.05 Å². The second-order valence-electron chi connectivity index (χ2n) is 5.00. The molecule has 1 atom stereocenters. The standard InChI is InChI=1S/C15H17N3O/c1-18-9-3-5-13(18)15(19)17-10-12-7-6-11-4-2-8-16-14(11)12/h2-5,8-9,12H,6-7,10H2,1H3,(H,17,19). The number of aryl methyl sites for hydroxylation is 2.